The molecule has 1 N–H and O–H groups in total. The molecule has 0 aromatic carbocycles. The summed E-state index contributed by atoms with van der Waals surface area (Å²) in [4.78, 5) is 0. The van der Waals surface area contributed by atoms with Crippen LogP contribution < -0.4 is 5.32 Å². The smallest absolute Gasteiger partial charge is 0.0625 e. The van der Waals surface area contributed by atoms with Gasteiger partial charge in [0.15, 0.2) is 0 Å². The number of rotatable bonds is 7. The van der Waals surface area contributed by atoms with Gasteiger partial charge in [0, 0.05) is 25.2 Å². The van der Waals surface area contributed by atoms with Gasteiger partial charge in [0.05, 0.1) is 23.1 Å². The van der Waals surface area contributed by atoms with Crippen LogP contribution in [0.15, 0.2) is 12.1 Å². The van der Waals surface area contributed by atoms with Crippen molar-refractivity contribution in [3.8, 4) is 0 Å². The van der Waals surface area contributed by atoms with Gasteiger partial charge in [-0.05, 0) is 46.4 Å². The van der Waals surface area contributed by atoms with Crippen molar-refractivity contribution in [3.63, 3.8) is 0 Å². The Morgan fingerprint density at radius 1 is 1.10 bits per heavy atom. The Bertz CT molecular complexity index is 582. The second kappa shape index (κ2) is 6.89. The standard InChI is InChI=1S/C16H27N5/c1-6-13-10-16(21(8-3)19-13)15(17-5)11-14-9-12(4)18-20(14)7-2/h9-10,15,17H,6-8,11H2,1-5H3. The number of hydrogen-bond acceptors (Lipinski definition) is 3. The van der Waals surface area contributed by atoms with Crippen LogP contribution in [0.25, 0.3) is 0 Å². The second-order valence-corrected chi connectivity index (χ2v) is 5.37. The maximum atomic E-state index is 4.66. The van der Waals surface area contributed by atoms with Crippen molar-refractivity contribution >= 4 is 0 Å². The molecular formula is C16H27N5. The van der Waals surface area contributed by atoms with Gasteiger partial charge in [-0.15, -0.1) is 0 Å². The van der Waals surface area contributed by atoms with Crippen LogP contribution in [0.2, 0.25) is 0 Å². The summed E-state index contributed by atoms with van der Waals surface area (Å²) >= 11 is 0. The average Bonchev–Trinajstić information content (AvgIpc) is 3.07. The van der Waals surface area contributed by atoms with Gasteiger partial charge in [-0.2, -0.15) is 10.2 Å². The Morgan fingerprint density at radius 3 is 2.38 bits per heavy atom. The zero-order valence-electron chi connectivity index (χ0n) is 13.8. The van der Waals surface area contributed by atoms with E-state index in [2.05, 4.69) is 64.7 Å². The molecule has 2 heterocycles. The lowest BCUT2D eigenvalue weighted by molar-refractivity contribution is 0.492. The van der Waals surface area contributed by atoms with Gasteiger partial charge >= 0.3 is 0 Å². The minimum absolute atomic E-state index is 0.263. The van der Waals surface area contributed by atoms with Crippen molar-refractivity contribution in [1.82, 2.24) is 24.9 Å². The Labute approximate surface area is 127 Å². The predicted molar refractivity (Wildman–Crippen MR) is 85.4 cm³/mol. The van der Waals surface area contributed by atoms with Crippen molar-refractivity contribution in [2.24, 2.45) is 0 Å². The summed E-state index contributed by atoms with van der Waals surface area (Å²) < 4.78 is 4.20. The molecule has 0 aliphatic carbocycles. The Kier molecular flexibility index (Phi) is 5.17. The minimum atomic E-state index is 0.263. The van der Waals surface area contributed by atoms with Crippen molar-refractivity contribution in [2.75, 3.05) is 7.05 Å². The van der Waals surface area contributed by atoms with Crippen molar-refractivity contribution in [1.29, 1.82) is 0 Å². The van der Waals surface area contributed by atoms with Crippen LogP contribution in [0, 0.1) is 6.92 Å². The summed E-state index contributed by atoms with van der Waals surface area (Å²) in [5.74, 6) is 0. The van der Waals surface area contributed by atoms with Crippen LogP contribution in [0.5, 0.6) is 0 Å². The lowest BCUT2D eigenvalue weighted by Gasteiger charge is -2.18. The first-order chi connectivity index (χ1) is 10.1. The fourth-order valence-corrected chi connectivity index (χ4v) is 2.79. The average molecular weight is 289 g/mol. The highest BCUT2D eigenvalue weighted by atomic mass is 15.3. The monoisotopic (exact) mass is 289 g/mol. The molecule has 0 radical (unpaired) electrons. The molecule has 0 amide bonds. The summed E-state index contributed by atoms with van der Waals surface area (Å²) in [6.07, 6.45) is 1.91. The molecule has 0 saturated heterocycles. The van der Waals surface area contributed by atoms with Gasteiger partial charge < -0.3 is 5.32 Å². The van der Waals surface area contributed by atoms with E-state index in [1.165, 1.54) is 11.4 Å². The Morgan fingerprint density at radius 2 is 1.81 bits per heavy atom. The normalized spacial score (nSPS) is 12.8. The largest absolute Gasteiger partial charge is 0.311 e. The van der Waals surface area contributed by atoms with Gasteiger partial charge in [-0.1, -0.05) is 6.92 Å². The maximum Gasteiger partial charge on any atom is 0.0625 e. The van der Waals surface area contributed by atoms with Crippen LogP contribution in [-0.2, 0) is 25.9 Å². The number of nitrogens with one attached hydrogen (secondary N) is 1. The summed E-state index contributed by atoms with van der Waals surface area (Å²) in [6, 6.07) is 4.67. The van der Waals surface area contributed by atoms with Crippen molar-refractivity contribution < 1.29 is 0 Å². The molecule has 1 atom stereocenters. The summed E-state index contributed by atoms with van der Waals surface area (Å²) in [6.45, 7) is 10.3. The van der Waals surface area contributed by atoms with Crippen LogP contribution in [0.4, 0.5) is 0 Å². The van der Waals surface area contributed by atoms with Crippen LogP contribution in [0.3, 0.4) is 0 Å². The summed E-state index contributed by atoms with van der Waals surface area (Å²) in [5, 5.41) is 12.6. The van der Waals surface area contributed by atoms with Gasteiger partial charge in [-0.25, -0.2) is 0 Å². The van der Waals surface area contributed by atoms with Gasteiger partial charge in [-0.3, -0.25) is 9.36 Å². The molecule has 116 valence electrons. The number of likely N-dealkylation sites (N-methyl/N-ethyl adjacent to an activating group) is 1. The lowest BCUT2D eigenvalue weighted by atomic mass is 10.1. The fraction of sp³-hybridized carbons (Fsp3) is 0.625. The molecule has 2 aromatic rings. The zero-order chi connectivity index (χ0) is 15.4. The van der Waals surface area contributed by atoms with Crippen molar-refractivity contribution in [2.45, 2.75) is 59.7 Å². The number of nitrogens with zero attached hydrogens (tertiary/aromatic N) is 4. The first kappa shape index (κ1) is 15.8. The van der Waals surface area contributed by atoms with E-state index in [-0.39, 0.29) is 6.04 Å². The molecule has 0 fully saturated rings. The third-order valence-corrected chi connectivity index (χ3v) is 3.93. The molecule has 5 nitrogen and oxygen atoms in total. The third kappa shape index (κ3) is 3.35. The Hall–Kier alpha value is -1.62. The molecule has 0 aliphatic rings. The van der Waals surface area contributed by atoms with E-state index in [9.17, 15) is 0 Å². The quantitative estimate of drug-likeness (QED) is 0.852. The van der Waals surface area contributed by atoms with E-state index in [0.717, 1.165) is 37.3 Å². The van der Waals surface area contributed by atoms with E-state index in [0.29, 0.717) is 0 Å². The van der Waals surface area contributed by atoms with Crippen LogP contribution >= 0.6 is 0 Å². The van der Waals surface area contributed by atoms with E-state index in [1.807, 2.05) is 7.05 Å². The second-order valence-electron chi connectivity index (χ2n) is 5.37. The van der Waals surface area contributed by atoms with Gasteiger partial charge in [0.1, 0.15) is 0 Å². The molecule has 0 bridgehead atoms. The molecule has 21 heavy (non-hydrogen) atoms. The van der Waals surface area contributed by atoms with E-state index >= 15 is 0 Å². The van der Waals surface area contributed by atoms with E-state index in [1.54, 1.807) is 0 Å². The first-order valence-electron chi connectivity index (χ1n) is 7.90. The third-order valence-electron chi connectivity index (χ3n) is 3.93. The van der Waals surface area contributed by atoms with Gasteiger partial charge in [0.25, 0.3) is 0 Å². The SMILES string of the molecule is CCc1cc(C(Cc2cc(C)nn2CC)NC)n(CC)n1. The highest BCUT2D eigenvalue weighted by Gasteiger charge is 2.18. The number of hydrogen-bond donors (Lipinski definition) is 1. The van der Waals surface area contributed by atoms with E-state index < -0.39 is 0 Å². The first-order valence-corrected chi connectivity index (χ1v) is 7.90. The topological polar surface area (TPSA) is 47.7 Å². The summed E-state index contributed by atoms with van der Waals surface area (Å²) in [7, 11) is 2.02. The van der Waals surface area contributed by atoms with Crippen LogP contribution in [-0.4, -0.2) is 26.6 Å². The number of aryl methyl sites for hydroxylation is 4. The highest BCUT2D eigenvalue weighted by Crippen LogP contribution is 2.20. The molecule has 0 aliphatic heterocycles. The van der Waals surface area contributed by atoms with E-state index in [4.69, 9.17) is 0 Å². The highest BCUT2D eigenvalue weighted by molar-refractivity contribution is 5.19. The van der Waals surface area contributed by atoms with Crippen molar-refractivity contribution in [3.05, 3.63) is 34.9 Å². The molecule has 0 saturated carbocycles. The molecule has 5 heteroatoms. The molecule has 0 spiro atoms. The lowest BCUT2D eigenvalue weighted by Crippen LogP contribution is -2.23. The molecule has 2 aromatic heterocycles. The number of aromatic nitrogens is 4. The maximum absolute atomic E-state index is 4.66. The van der Waals surface area contributed by atoms with Gasteiger partial charge in [0.2, 0.25) is 0 Å². The zero-order valence-corrected chi connectivity index (χ0v) is 13.8. The molecule has 1 unspecified atom stereocenters. The molecule has 2 rings (SSSR count). The minimum Gasteiger partial charge on any atom is -0.311 e. The summed E-state index contributed by atoms with van der Waals surface area (Å²) in [5.41, 5.74) is 4.78. The predicted octanol–water partition coefficient (Wildman–Crippen LogP) is 2.49. The molecular weight excluding hydrogens is 262 g/mol. The Balaban J connectivity index is 2.29. The van der Waals surface area contributed by atoms with Crippen LogP contribution in [0.1, 0.15) is 49.6 Å². The fourth-order valence-electron chi connectivity index (χ4n) is 2.79.